The summed E-state index contributed by atoms with van der Waals surface area (Å²) in [6.45, 7) is 6.97. The summed E-state index contributed by atoms with van der Waals surface area (Å²) in [5, 5.41) is 14.8. The number of ether oxygens (including phenoxy) is 1. The van der Waals surface area contributed by atoms with Gasteiger partial charge in [0.05, 0.1) is 35.1 Å². The normalized spacial score (nSPS) is 12.6. The van der Waals surface area contributed by atoms with Gasteiger partial charge < -0.3 is 15.2 Å². The number of halogens is 2. The highest BCUT2D eigenvalue weighted by Crippen LogP contribution is 2.37. The molecule has 2 aromatic heterocycles. The first-order chi connectivity index (χ1) is 16.1. The molecule has 0 amide bonds. The number of nitrogens with zero attached hydrogens (tertiary/aromatic N) is 3. The van der Waals surface area contributed by atoms with Gasteiger partial charge in [0.2, 0.25) is 0 Å². The van der Waals surface area contributed by atoms with Gasteiger partial charge in [0.1, 0.15) is 17.2 Å². The minimum Gasteiger partial charge on any atom is -0.497 e. The monoisotopic (exact) mass is 480 g/mol. The SMILES string of the molecule is COc1ccc(F)c(C(C)Nc2c(Cl)c(C)nc3ccc(-c4cnc(C(C)(C)O)nc4)cc23)c1. The Balaban J connectivity index is 1.78. The maximum absolute atomic E-state index is 14.6. The summed E-state index contributed by atoms with van der Waals surface area (Å²) in [4.78, 5) is 13.2. The van der Waals surface area contributed by atoms with Crippen LogP contribution in [0.25, 0.3) is 22.0 Å². The zero-order valence-corrected chi connectivity index (χ0v) is 20.4. The van der Waals surface area contributed by atoms with E-state index in [9.17, 15) is 9.50 Å². The van der Waals surface area contributed by atoms with Crippen molar-refractivity contribution < 1.29 is 14.2 Å². The number of aliphatic hydroxyl groups is 1. The molecule has 0 aliphatic carbocycles. The predicted octanol–water partition coefficient (Wildman–Crippen LogP) is 6.20. The molecular weight excluding hydrogens is 455 g/mol. The fraction of sp³-hybridized carbons (Fsp3) is 0.269. The van der Waals surface area contributed by atoms with Crippen LogP contribution in [0.2, 0.25) is 5.02 Å². The standard InChI is InChI=1S/C26H26ClFN4O2/c1-14(19-11-18(34-5)7-8-21(19)28)32-24-20-10-16(6-9-22(20)31-15(2)23(24)27)17-12-29-25(30-13-17)26(3,4)33/h6-14,33H,1-5H3,(H,31,32). The van der Waals surface area contributed by atoms with Crippen LogP contribution in [0.1, 0.15) is 43.9 Å². The minimum absolute atomic E-state index is 0.336. The molecule has 0 aliphatic heterocycles. The van der Waals surface area contributed by atoms with E-state index in [4.69, 9.17) is 16.3 Å². The lowest BCUT2D eigenvalue weighted by atomic mass is 10.0. The lowest BCUT2D eigenvalue weighted by Gasteiger charge is -2.21. The van der Waals surface area contributed by atoms with Gasteiger partial charge in [-0.2, -0.15) is 0 Å². The molecule has 1 unspecified atom stereocenters. The molecule has 4 aromatic rings. The minimum atomic E-state index is -1.13. The second-order valence-corrected chi connectivity index (χ2v) is 9.10. The Hall–Kier alpha value is -3.29. The average molecular weight is 481 g/mol. The third-order valence-corrected chi connectivity index (χ3v) is 6.12. The van der Waals surface area contributed by atoms with Gasteiger partial charge in [0.25, 0.3) is 0 Å². The van der Waals surface area contributed by atoms with E-state index in [0.717, 1.165) is 22.0 Å². The maximum atomic E-state index is 14.6. The molecule has 0 fully saturated rings. The van der Waals surface area contributed by atoms with E-state index in [-0.39, 0.29) is 5.82 Å². The van der Waals surface area contributed by atoms with Crippen molar-refractivity contribution in [3.8, 4) is 16.9 Å². The second kappa shape index (κ2) is 9.16. The number of aryl methyl sites for hydroxylation is 1. The van der Waals surface area contributed by atoms with Gasteiger partial charge in [0, 0.05) is 28.9 Å². The molecule has 0 radical (unpaired) electrons. The van der Waals surface area contributed by atoms with E-state index in [1.54, 1.807) is 45.5 Å². The summed E-state index contributed by atoms with van der Waals surface area (Å²) in [6, 6.07) is 10.0. The Bertz CT molecular complexity index is 1350. The van der Waals surface area contributed by atoms with Crippen LogP contribution < -0.4 is 10.1 Å². The van der Waals surface area contributed by atoms with Crippen LogP contribution >= 0.6 is 11.6 Å². The van der Waals surface area contributed by atoms with Crippen molar-refractivity contribution in [2.45, 2.75) is 39.3 Å². The number of methoxy groups -OCH3 is 1. The Labute approximate surface area is 202 Å². The summed E-state index contributed by atoms with van der Waals surface area (Å²) >= 11 is 6.68. The zero-order valence-electron chi connectivity index (χ0n) is 19.6. The van der Waals surface area contributed by atoms with Crippen molar-refractivity contribution in [2.75, 3.05) is 12.4 Å². The van der Waals surface area contributed by atoms with Gasteiger partial charge in [0.15, 0.2) is 5.82 Å². The van der Waals surface area contributed by atoms with E-state index in [1.165, 1.54) is 6.07 Å². The van der Waals surface area contributed by atoms with E-state index in [1.807, 2.05) is 32.0 Å². The topological polar surface area (TPSA) is 80.2 Å². The van der Waals surface area contributed by atoms with E-state index >= 15 is 0 Å². The fourth-order valence-electron chi connectivity index (χ4n) is 3.75. The lowest BCUT2D eigenvalue weighted by molar-refractivity contribution is 0.0687. The van der Waals surface area contributed by atoms with Crippen LogP contribution in [-0.2, 0) is 5.60 Å². The van der Waals surface area contributed by atoms with E-state index < -0.39 is 11.6 Å². The summed E-state index contributed by atoms with van der Waals surface area (Å²) in [5.41, 5.74) is 3.06. The van der Waals surface area contributed by atoms with Crippen molar-refractivity contribution in [2.24, 2.45) is 0 Å². The van der Waals surface area contributed by atoms with Gasteiger partial charge in [-0.05, 0) is 63.6 Å². The van der Waals surface area contributed by atoms with Crippen LogP contribution in [0.3, 0.4) is 0 Å². The first-order valence-corrected chi connectivity index (χ1v) is 11.2. The van der Waals surface area contributed by atoms with Crippen LogP contribution in [-0.4, -0.2) is 27.2 Å². The summed E-state index contributed by atoms with van der Waals surface area (Å²) in [7, 11) is 1.55. The smallest absolute Gasteiger partial charge is 0.159 e. The van der Waals surface area contributed by atoms with E-state index in [0.29, 0.717) is 33.5 Å². The molecule has 0 bridgehead atoms. The molecule has 4 rings (SSSR count). The average Bonchev–Trinajstić information content (AvgIpc) is 2.81. The molecule has 176 valence electrons. The molecule has 8 heteroatoms. The molecule has 0 aliphatic rings. The molecule has 2 heterocycles. The number of anilines is 1. The Morgan fingerprint density at radius 1 is 1.09 bits per heavy atom. The molecule has 0 saturated heterocycles. The number of pyridine rings is 1. The van der Waals surface area contributed by atoms with Crippen molar-refractivity contribution in [3.63, 3.8) is 0 Å². The third kappa shape index (κ3) is 4.67. The fourth-order valence-corrected chi connectivity index (χ4v) is 3.95. The van der Waals surface area contributed by atoms with Crippen molar-refractivity contribution >= 4 is 28.2 Å². The summed E-state index contributed by atoms with van der Waals surface area (Å²) in [6.07, 6.45) is 3.35. The summed E-state index contributed by atoms with van der Waals surface area (Å²) < 4.78 is 19.8. The van der Waals surface area contributed by atoms with Gasteiger partial charge in [-0.1, -0.05) is 17.7 Å². The molecule has 2 N–H and O–H groups in total. The molecule has 6 nitrogen and oxygen atoms in total. The zero-order chi connectivity index (χ0) is 24.6. The first-order valence-electron chi connectivity index (χ1n) is 10.8. The molecular formula is C26H26ClFN4O2. The third-order valence-electron chi connectivity index (χ3n) is 5.65. The molecule has 0 spiro atoms. The number of hydrogen-bond donors (Lipinski definition) is 2. The lowest BCUT2D eigenvalue weighted by Crippen LogP contribution is -2.19. The Morgan fingerprint density at radius 3 is 2.44 bits per heavy atom. The van der Waals surface area contributed by atoms with Gasteiger partial charge in [-0.15, -0.1) is 0 Å². The number of benzene rings is 2. The largest absolute Gasteiger partial charge is 0.497 e. The predicted molar refractivity (Wildman–Crippen MR) is 133 cm³/mol. The van der Waals surface area contributed by atoms with Gasteiger partial charge in [-0.25, -0.2) is 14.4 Å². The van der Waals surface area contributed by atoms with Crippen LogP contribution in [0.4, 0.5) is 10.1 Å². The molecule has 34 heavy (non-hydrogen) atoms. The molecule has 0 saturated carbocycles. The van der Waals surface area contributed by atoms with Crippen molar-refractivity contribution in [1.29, 1.82) is 0 Å². The van der Waals surface area contributed by atoms with Gasteiger partial charge >= 0.3 is 0 Å². The highest BCUT2D eigenvalue weighted by atomic mass is 35.5. The van der Waals surface area contributed by atoms with Crippen LogP contribution in [0.5, 0.6) is 5.75 Å². The van der Waals surface area contributed by atoms with Crippen molar-refractivity contribution in [3.05, 3.63) is 76.7 Å². The van der Waals surface area contributed by atoms with Crippen LogP contribution in [0.15, 0.2) is 48.8 Å². The number of nitrogens with one attached hydrogen (secondary N) is 1. The number of aromatic nitrogens is 3. The van der Waals surface area contributed by atoms with Gasteiger partial charge in [-0.3, -0.25) is 4.98 Å². The van der Waals surface area contributed by atoms with Crippen LogP contribution in [0, 0.1) is 12.7 Å². The maximum Gasteiger partial charge on any atom is 0.159 e. The molecule has 1 atom stereocenters. The number of rotatable bonds is 6. The first kappa shape index (κ1) is 23.9. The number of fused-ring (bicyclic) bond motifs is 1. The van der Waals surface area contributed by atoms with Crippen molar-refractivity contribution in [1.82, 2.24) is 15.0 Å². The second-order valence-electron chi connectivity index (χ2n) is 8.73. The number of hydrogen-bond acceptors (Lipinski definition) is 6. The Morgan fingerprint density at radius 2 is 1.79 bits per heavy atom. The quantitative estimate of drug-likeness (QED) is 0.342. The molecule has 2 aromatic carbocycles. The van der Waals surface area contributed by atoms with E-state index in [2.05, 4.69) is 20.3 Å². The highest BCUT2D eigenvalue weighted by Gasteiger charge is 2.20. The highest BCUT2D eigenvalue weighted by molar-refractivity contribution is 6.35. The Kier molecular flexibility index (Phi) is 6.43. The summed E-state index contributed by atoms with van der Waals surface area (Å²) in [5.74, 6) is 0.578.